The van der Waals surface area contributed by atoms with Gasteiger partial charge >= 0.3 is 59.8 Å². The molecule has 2 heterocycles. The first kappa shape index (κ1) is 23.2. The van der Waals surface area contributed by atoms with Crippen molar-refractivity contribution in [1.82, 2.24) is 9.97 Å². The summed E-state index contributed by atoms with van der Waals surface area (Å²) in [4.78, 5) is 27.1. The average Bonchev–Trinajstić information content (AvgIpc) is 2.64. The van der Waals surface area contributed by atoms with Gasteiger partial charge in [0.2, 0.25) is 0 Å². The van der Waals surface area contributed by atoms with Crippen molar-refractivity contribution in [2.24, 2.45) is 0 Å². The van der Waals surface area contributed by atoms with Gasteiger partial charge in [-0.15, -0.1) is 0 Å². The Hall–Kier alpha value is -1.79. The van der Waals surface area contributed by atoms with Gasteiger partial charge < -0.3 is 0 Å². The molecule has 0 aromatic carbocycles. The summed E-state index contributed by atoms with van der Waals surface area (Å²) in [5.74, 6) is 0. The zero-order chi connectivity index (χ0) is 19.3. The van der Waals surface area contributed by atoms with Crippen molar-refractivity contribution in [3.05, 3.63) is 80.4 Å². The number of nitro groups is 2. The summed E-state index contributed by atoms with van der Waals surface area (Å²) >= 11 is -4.64. The third-order valence-electron chi connectivity index (χ3n) is 2.67. The van der Waals surface area contributed by atoms with Gasteiger partial charge in [0.15, 0.2) is 0 Å². The van der Waals surface area contributed by atoms with Crippen LogP contribution in [0.5, 0.6) is 0 Å². The summed E-state index contributed by atoms with van der Waals surface area (Å²) in [7, 11) is 9.46. The van der Waals surface area contributed by atoms with Crippen molar-refractivity contribution < 1.29 is 19.5 Å². The molecule has 138 valence electrons. The monoisotopic (exact) mass is 428 g/mol. The van der Waals surface area contributed by atoms with E-state index in [1.807, 2.05) is 49.1 Å². The van der Waals surface area contributed by atoms with Crippen LogP contribution in [0, 0.1) is 20.2 Å². The molecule has 2 rings (SSSR count). The van der Waals surface area contributed by atoms with Crippen molar-refractivity contribution in [3.63, 3.8) is 0 Å². The van der Waals surface area contributed by atoms with E-state index in [9.17, 15) is 20.2 Å². The summed E-state index contributed by atoms with van der Waals surface area (Å²) in [5.41, 5.74) is 2.69. The second kappa shape index (κ2) is 12.6. The van der Waals surface area contributed by atoms with E-state index in [-0.39, 0.29) is 0 Å². The van der Waals surface area contributed by atoms with Crippen LogP contribution in [0.2, 0.25) is 0 Å². The van der Waals surface area contributed by atoms with E-state index in [1.165, 1.54) is 11.1 Å². The van der Waals surface area contributed by atoms with Crippen molar-refractivity contribution in [3.8, 4) is 0 Å². The molecule has 0 aliphatic heterocycles. The fourth-order valence-electron chi connectivity index (χ4n) is 1.29. The maximum absolute atomic E-state index is 9.63. The third kappa shape index (κ3) is 9.94. The zero-order valence-corrected chi connectivity index (χ0v) is 16.4. The topological polar surface area (TPSA) is 112 Å². The Morgan fingerprint density at radius 1 is 0.840 bits per heavy atom. The van der Waals surface area contributed by atoms with E-state index in [0.717, 1.165) is 12.8 Å². The molecule has 0 unspecified atom stereocenters. The van der Waals surface area contributed by atoms with Crippen molar-refractivity contribution in [1.29, 1.82) is 0 Å². The fraction of sp³-hybridized carbons (Fsp3) is 0.286. The van der Waals surface area contributed by atoms with E-state index >= 15 is 0 Å². The second-order valence-electron chi connectivity index (χ2n) is 4.28. The Balaban J connectivity index is 0.000000346. The van der Waals surface area contributed by atoms with Crippen molar-refractivity contribution in [2.45, 2.75) is 26.7 Å². The van der Waals surface area contributed by atoms with Gasteiger partial charge in [-0.25, -0.2) is 0 Å². The molecule has 0 aliphatic rings. The summed E-state index contributed by atoms with van der Waals surface area (Å²) in [6, 6.07) is 8.11. The molecule has 2 aromatic rings. The third-order valence-corrected chi connectivity index (χ3v) is 5.65. The van der Waals surface area contributed by atoms with Crippen LogP contribution >= 0.6 is 20.1 Å². The number of nitrogens with zero attached hydrogens (tertiary/aromatic N) is 4. The molecular weight excluding hydrogens is 411 g/mol. The molecule has 0 N–H and O–H groups in total. The zero-order valence-electron chi connectivity index (χ0n) is 13.6. The van der Waals surface area contributed by atoms with E-state index in [2.05, 4.69) is 23.8 Å². The predicted molar refractivity (Wildman–Crippen MR) is 92.9 cm³/mol. The number of aromatic nitrogens is 2. The number of pyridine rings is 2. The number of aryl methyl sites for hydroxylation is 2. The number of rotatable bonds is 4. The molecule has 0 fully saturated rings. The average molecular weight is 429 g/mol. The number of hydrogen-bond donors (Lipinski definition) is 0. The fourth-order valence-corrected chi connectivity index (χ4v) is 1.46. The van der Waals surface area contributed by atoms with Gasteiger partial charge in [0.05, 0.1) is 0 Å². The molecular formula is C14H18Cl2CrN4O4. The van der Waals surface area contributed by atoms with Gasteiger partial charge in [0.1, 0.15) is 0 Å². The van der Waals surface area contributed by atoms with Crippen LogP contribution in [-0.4, -0.2) is 17.8 Å². The standard InChI is InChI=1S/2C7H9N.2ClH.Cr.2NO2/c2*1-2-7-3-5-8-6-4-7;;;;2*2-1-3/h2*3-6H,2H2,1H3;2*1H;;;/q;;;;+2;;/p-2. The summed E-state index contributed by atoms with van der Waals surface area (Å²) < 4.78 is -2.50. The van der Waals surface area contributed by atoms with Gasteiger partial charge in [0.25, 0.3) is 0 Å². The van der Waals surface area contributed by atoms with E-state index in [0.29, 0.717) is 0 Å². The van der Waals surface area contributed by atoms with Gasteiger partial charge in [0, 0.05) is 24.8 Å². The van der Waals surface area contributed by atoms with E-state index in [4.69, 9.17) is 20.1 Å². The molecule has 11 heteroatoms. The van der Waals surface area contributed by atoms with Crippen LogP contribution in [-0.2, 0) is 24.5 Å². The van der Waals surface area contributed by atoms with E-state index in [1.54, 1.807) is 0 Å². The van der Waals surface area contributed by atoms with Gasteiger partial charge in [-0.2, -0.15) is 0 Å². The van der Waals surface area contributed by atoms with Gasteiger partial charge in [-0.1, -0.05) is 13.8 Å². The molecule has 0 aliphatic carbocycles. The summed E-state index contributed by atoms with van der Waals surface area (Å²) in [5, 5.41) is 19.3. The van der Waals surface area contributed by atoms with Crippen LogP contribution in [0.4, 0.5) is 0 Å². The first-order chi connectivity index (χ1) is 11.8. The Bertz CT molecular complexity index is 592. The van der Waals surface area contributed by atoms with Crippen LogP contribution in [0.25, 0.3) is 0 Å². The second-order valence-corrected chi connectivity index (χ2v) is 10.7. The Morgan fingerprint density at radius 3 is 1.24 bits per heavy atom. The normalized spacial score (nSPS) is 10.4. The molecule has 0 bridgehead atoms. The van der Waals surface area contributed by atoms with Crippen LogP contribution in [0.1, 0.15) is 25.0 Å². The first-order valence-electron chi connectivity index (χ1n) is 7.05. The number of hydrogen-bond acceptors (Lipinski definition) is 6. The molecule has 0 atom stereocenters. The maximum atomic E-state index is 9.63. The Labute approximate surface area is 156 Å². The first-order valence-corrected chi connectivity index (χ1v) is 11.7. The quantitative estimate of drug-likeness (QED) is 0.534. The van der Waals surface area contributed by atoms with Gasteiger partial charge in [-0.05, 0) is 48.2 Å². The summed E-state index contributed by atoms with van der Waals surface area (Å²) in [6.07, 6.45) is 9.47. The minimum absolute atomic E-state index is 1.10. The van der Waals surface area contributed by atoms with Crippen LogP contribution in [0.3, 0.4) is 0 Å². The number of halogens is 2. The predicted octanol–water partition coefficient (Wildman–Crippen LogP) is 4.12. The SMILES string of the molecule is CCc1ccncc1.CCc1ccncc1.O=[N+]([O-])[Cr]([Cl])([Cl])[N+](=O)[O-]. The van der Waals surface area contributed by atoms with Crippen LogP contribution < -0.4 is 0 Å². The Morgan fingerprint density at radius 2 is 1.12 bits per heavy atom. The molecule has 0 saturated carbocycles. The molecule has 0 saturated heterocycles. The molecule has 8 nitrogen and oxygen atoms in total. The Kier molecular flexibility index (Phi) is 11.7. The molecule has 0 radical (unpaired) electrons. The van der Waals surface area contributed by atoms with Gasteiger partial charge in [-0.3, -0.25) is 9.97 Å². The van der Waals surface area contributed by atoms with Crippen molar-refractivity contribution >= 4 is 20.1 Å². The molecule has 0 amide bonds. The molecule has 25 heavy (non-hydrogen) atoms. The van der Waals surface area contributed by atoms with Crippen molar-refractivity contribution in [2.75, 3.05) is 0 Å². The minimum atomic E-state index is -4.64. The van der Waals surface area contributed by atoms with Crippen LogP contribution in [0.15, 0.2) is 49.1 Å². The van der Waals surface area contributed by atoms with E-state index < -0.39 is 19.5 Å². The molecule has 2 aromatic heterocycles. The molecule has 0 spiro atoms. The summed E-state index contributed by atoms with van der Waals surface area (Å²) in [6.45, 7) is 4.27.